The van der Waals surface area contributed by atoms with Gasteiger partial charge in [0, 0.05) is 28.5 Å². The van der Waals surface area contributed by atoms with E-state index in [2.05, 4.69) is 10.4 Å². The topological polar surface area (TPSA) is 72.9 Å². The van der Waals surface area contributed by atoms with E-state index in [1.807, 2.05) is 20.0 Å². The molecule has 2 rings (SSSR count). The first-order valence-electron chi connectivity index (χ1n) is 6.33. The molecule has 3 N–H and O–H groups in total. The molecule has 6 heteroatoms. The Morgan fingerprint density at radius 1 is 1.35 bits per heavy atom. The molecule has 1 aromatic carbocycles. The Morgan fingerprint density at radius 3 is 2.50 bits per heavy atom. The Labute approximate surface area is 122 Å². The fraction of sp³-hybridized carbons (Fsp3) is 0.286. The first kappa shape index (κ1) is 14.4. The van der Waals surface area contributed by atoms with Gasteiger partial charge in [-0.05, 0) is 38.1 Å². The Hall–Kier alpha value is -2.01. The molecule has 0 aliphatic heterocycles. The van der Waals surface area contributed by atoms with Gasteiger partial charge in [0.25, 0.3) is 0 Å². The quantitative estimate of drug-likeness (QED) is 0.890. The Bertz CT molecular complexity index is 591. The van der Waals surface area contributed by atoms with Crippen LogP contribution in [0.1, 0.15) is 31.5 Å². The van der Waals surface area contributed by atoms with Crippen LogP contribution in [0, 0.1) is 0 Å². The van der Waals surface area contributed by atoms with Crippen LogP contribution < -0.4 is 11.1 Å². The number of nitrogens with two attached hydrogens (primary N) is 1. The molecule has 0 aliphatic carbocycles. The highest BCUT2D eigenvalue weighted by Crippen LogP contribution is 2.21. The molecule has 20 heavy (non-hydrogen) atoms. The number of carbonyl (C=O) groups excluding carboxylic acids is 1. The van der Waals surface area contributed by atoms with Crippen molar-refractivity contribution in [3.8, 4) is 0 Å². The van der Waals surface area contributed by atoms with E-state index in [9.17, 15) is 4.79 Å². The van der Waals surface area contributed by atoms with Gasteiger partial charge in [-0.3, -0.25) is 9.48 Å². The minimum atomic E-state index is -0.622. The van der Waals surface area contributed by atoms with Crippen molar-refractivity contribution in [1.29, 1.82) is 0 Å². The molecule has 5 nitrogen and oxygen atoms in total. The predicted molar refractivity (Wildman–Crippen MR) is 79.6 cm³/mol. The summed E-state index contributed by atoms with van der Waals surface area (Å²) in [6.45, 7) is 4.03. The zero-order valence-electron chi connectivity index (χ0n) is 11.4. The third-order valence-corrected chi connectivity index (χ3v) is 3.18. The lowest BCUT2D eigenvalue weighted by Gasteiger charge is -2.15. The number of carbonyl (C=O) groups is 1. The molecule has 1 atom stereocenters. The number of anilines is 1. The fourth-order valence-corrected chi connectivity index (χ4v) is 1.94. The van der Waals surface area contributed by atoms with Gasteiger partial charge in [0.05, 0.1) is 6.20 Å². The lowest BCUT2D eigenvalue weighted by Crippen LogP contribution is -2.27. The van der Waals surface area contributed by atoms with Crippen LogP contribution in [0.2, 0.25) is 5.02 Å². The Morgan fingerprint density at radius 2 is 2.00 bits per heavy atom. The molecule has 0 radical (unpaired) electrons. The van der Waals surface area contributed by atoms with Crippen molar-refractivity contribution >= 4 is 23.2 Å². The van der Waals surface area contributed by atoms with E-state index in [1.54, 1.807) is 35.1 Å². The third kappa shape index (κ3) is 3.30. The van der Waals surface area contributed by atoms with E-state index in [0.717, 1.165) is 11.3 Å². The molecule has 0 saturated carbocycles. The number of amides is 1. The first-order valence-corrected chi connectivity index (χ1v) is 6.70. The van der Waals surface area contributed by atoms with Crippen LogP contribution in [-0.2, 0) is 4.79 Å². The maximum Gasteiger partial charge on any atom is 0.244 e. The van der Waals surface area contributed by atoms with E-state index in [0.29, 0.717) is 5.02 Å². The van der Waals surface area contributed by atoms with Crippen LogP contribution in [0.25, 0.3) is 0 Å². The van der Waals surface area contributed by atoms with Crippen molar-refractivity contribution in [3.63, 3.8) is 0 Å². The van der Waals surface area contributed by atoms with Gasteiger partial charge in [-0.2, -0.15) is 5.10 Å². The molecule has 1 heterocycles. The standard InChI is InChI=1S/C14H17ClN4O/c1-9(2)19-8-10(7-17-19)13(14(16)20)18-12-5-3-11(15)4-6-12/h3-9,13,18H,1-2H3,(H2,16,20). The summed E-state index contributed by atoms with van der Waals surface area (Å²) in [5.74, 6) is -0.455. The first-order chi connectivity index (χ1) is 9.47. The molecule has 0 fully saturated rings. The van der Waals surface area contributed by atoms with Crippen LogP contribution in [-0.4, -0.2) is 15.7 Å². The average molecular weight is 293 g/mol. The van der Waals surface area contributed by atoms with E-state index in [-0.39, 0.29) is 6.04 Å². The molecule has 0 bridgehead atoms. The number of halogens is 1. The molecule has 0 spiro atoms. The Balaban J connectivity index is 2.22. The van der Waals surface area contributed by atoms with E-state index < -0.39 is 11.9 Å². The zero-order valence-corrected chi connectivity index (χ0v) is 12.1. The van der Waals surface area contributed by atoms with Crippen molar-refractivity contribution in [2.45, 2.75) is 25.9 Å². The molecule has 106 valence electrons. The van der Waals surface area contributed by atoms with Crippen LogP contribution in [0.3, 0.4) is 0 Å². The normalized spacial score (nSPS) is 12.4. The van der Waals surface area contributed by atoms with Gasteiger partial charge in [-0.1, -0.05) is 11.6 Å². The van der Waals surface area contributed by atoms with Crippen molar-refractivity contribution in [3.05, 3.63) is 47.2 Å². The summed E-state index contributed by atoms with van der Waals surface area (Å²) in [7, 11) is 0. The van der Waals surface area contributed by atoms with Crippen LogP contribution >= 0.6 is 11.6 Å². The number of benzene rings is 1. The van der Waals surface area contributed by atoms with Crippen LogP contribution in [0.15, 0.2) is 36.7 Å². The van der Waals surface area contributed by atoms with Gasteiger partial charge in [-0.25, -0.2) is 0 Å². The monoisotopic (exact) mass is 292 g/mol. The van der Waals surface area contributed by atoms with Crippen LogP contribution in [0.4, 0.5) is 5.69 Å². The lowest BCUT2D eigenvalue weighted by atomic mass is 10.1. The maximum atomic E-state index is 11.6. The average Bonchev–Trinajstić information content (AvgIpc) is 2.87. The number of hydrogen-bond acceptors (Lipinski definition) is 3. The summed E-state index contributed by atoms with van der Waals surface area (Å²) in [6.07, 6.45) is 3.47. The smallest absolute Gasteiger partial charge is 0.244 e. The van der Waals surface area contributed by atoms with E-state index >= 15 is 0 Å². The molecular weight excluding hydrogens is 276 g/mol. The maximum absolute atomic E-state index is 11.6. The lowest BCUT2D eigenvalue weighted by molar-refractivity contribution is -0.118. The molecule has 2 aromatic rings. The number of nitrogens with one attached hydrogen (secondary N) is 1. The summed E-state index contributed by atoms with van der Waals surface area (Å²) in [4.78, 5) is 11.6. The molecular formula is C14H17ClN4O. The molecule has 1 amide bonds. The third-order valence-electron chi connectivity index (χ3n) is 2.92. The van der Waals surface area contributed by atoms with Gasteiger partial charge in [-0.15, -0.1) is 0 Å². The van der Waals surface area contributed by atoms with E-state index in [4.69, 9.17) is 17.3 Å². The van der Waals surface area contributed by atoms with Crippen LogP contribution in [0.5, 0.6) is 0 Å². The number of aromatic nitrogens is 2. The molecule has 1 aromatic heterocycles. The van der Waals surface area contributed by atoms with Crippen molar-refractivity contribution < 1.29 is 4.79 Å². The van der Waals surface area contributed by atoms with Gasteiger partial charge < -0.3 is 11.1 Å². The highest BCUT2D eigenvalue weighted by molar-refractivity contribution is 6.30. The minimum Gasteiger partial charge on any atom is -0.370 e. The number of nitrogens with zero attached hydrogens (tertiary/aromatic N) is 2. The summed E-state index contributed by atoms with van der Waals surface area (Å²) in [5.41, 5.74) is 6.98. The van der Waals surface area contributed by atoms with Gasteiger partial charge in [0.1, 0.15) is 6.04 Å². The fourth-order valence-electron chi connectivity index (χ4n) is 1.82. The summed E-state index contributed by atoms with van der Waals surface area (Å²) < 4.78 is 1.79. The largest absolute Gasteiger partial charge is 0.370 e. The van der Waals surface area contributed by atoms with Crippen molar-refractivity contribution in [1.82, 2.24) is 9.78 Å². The number of hydrogen-bond donors (Lipinski definition) is 2. The summed E-state index contributed by atoms with van der Waals surface area (Å²) in [6, 6.07) is 6.70. The van der Waals surface area contributed by atoms with Gasteiger partial charge in [0.15, 0.2) is 0 Å². The van der Waals surface area contributed by atoms with Gasteiger partial charge >= 0.3 is 0 Å². The zero-order chi connectivity index (χ0) is 14.7. The molecule has 0 aliphatic rings. The second kappa shape index (κ2) is 5.96. The van der Waals surface area contributed by atoms with E-state index in [1.165, 1.54) is 0 Å². The summed E-state index contributed by atoms with van der Waals surface area (Å²) in [5, 5.41) is 7.95. The highest BCUT2D eigenvalue weighted by atomic mass is 35.5. The van der Waals surface area contributed by atoms with Gasteiger partial charge in [0.2, 0.25) is 5.91 Å². The predicted octanol–water partition coefficient (Wildman–Crippen LogP) is 2.76. The second-order valence-electron chi connectivity index (χ2n) is 4.83. The summed E-state index contributed by atoms with van der Waals surface area (Å²) >= 11 is 5.83. The minimum absolute atomic E-state index is 0.229. The second-order valence-corrected chi connectivity index (χ2v) is 5.27. The molecule has 1 unspecified atom stereocenters. The van der Waals surface area contributed by atoms with Crippen molar-refractivity contribution in [2.24, 2.45) is 5.73 Å². The number of rotatable bonds is 5. The van der Waals surface area contributed by atoms with Crippen molar-refractivity contribution in [2.75, 3.05) is 5.32 Å². The molecule has 0 saturated heterocycles. The highest BCUT2D eigenvalue weighted by Gasteiger charge is 2.19. The SMILES string of the molecule is CC(C)n1cc(C(Nc2ccc(Cl)cc2)C(N)=O)cn1. The Kier molecular flexibility index (Phi) is 4.29. The number of primary amides is 1.